The van der Waals surface area contributed by atoms with Crippen LogP contribution in [0.3, 0.4) is 0 Å². The molecule has 30 heavy (non-hydrogen) atoms. The van der Waals surface area contributed by atoms with Gasteiger partial charge in [0.15, 0.2) is 5.78 Å². The molecule has 2 aliphatic carbocycles. The predicted molar refractivity (Wildman–Crippen MR) is 129 cm³/mol. The molecular formula is C24H44O4Si2. The SMILES string of the molecule is CC(C)(C)[Si](C)(C)O/C=C/[C@H]1C=C(O[Si](C)(C)C(C)(C)C)[C@@H]2CCC[C@H]1[C@H](O)C2=O. The Kier molecular flexibility index (Phi) is 7.27. The smallest absolute Gasteiger partial charge is 0.250 e. The molecule has 2 rings (SSSR count). The molecule has 1 N–H and O–H groups in total. The van der Waals surface area contributed by atoms with Crippen LogP contribution in [0.2, 0.25) is 36.3 Å². The van der Waals surface area contributed by atoms with Crippen molar-refractivity contribution in [2.24, 2.45) is 17.8 Å². The van der Waals surface area contributed by atoms with E-state index in [1.54, 1.807) is 0 Å². The van der Waals surface area contributed by atoms with E-state index in [1.165, 1.54) is 0 Å². The molecule has 0 heterocycles. The summed E-state index contributed by atoms with van der Waals surface area (Å²) in [4.78, 5) is 13.1. The average molecular weight is 453 g/mol. The third kappa shape index (κ3) is 5.30. The summed E-state index contributed by atoms with van der Waals surface area (Å²) in [7, 11) is -3.99. The molecule has 0 aliphatic heterocycles. The van der Waals surface area contributed by atoms with Gasteiger partial charge in [0, 0.05) is 11.8 Å². The van der Waals surface area contributed by atoms with Gasteiger partial charge in [0.05, 0.1) is 17.9 Å². The molecule has 0 aromatic heterocycles. The highest BCUT2D eigenvalue weighted by atomic mass is 28.4. The second-order valence-electron chi connectivity index (χ2n) is 12.2. The standard InChI is InChI=1S/C24H44O4Si2/c1-23(2,3)29(7,8)27-15-14-17-16-20(28-30(9,10)24(4,5)6)19-13-11-12-18(17)21(25)22(19)26/h14-19,21,25H,11-13H2,1-10H3/b15-14+/t17-,18+,19-,21-/m0/s1. The lowest BCUT2D eigenvalue weighted by Gasteiger charge is -2.39. The van der Waals surface area contributed by atoms with Gasteiger partial charge in [-0.25, -0.2) is 0 Å². The van der Waals surface area contributed by atoms with Crippen molar-refractivity contribution in [1.82, 2.24) is 0 Å². The minimum Gasteiger partial charge on any atom is -0.549 e. The largest absolute Gasteiger partial charge is 0.549 e. The molecule has 1 fully saturated rings. The van der Waals surface area contributed by atoms with Crippen molar-refractivity contribution >= 4 is 22.4 Å². The fourth-order valence-electron chi connectivity index (χ4n) is 3.62. The third-order valence-electron chi connectivity index (χ3n) is 7.91. The highest BCUT2D eigenvalue weighted by Gasteiger charge is 2.46. The highest BCUT2D eigenvalue weighted by Crippen LogP contribution is 2.44. The van der Waals surface area contributed by atoms with Gasteiger partial charge in [0.1, 0.15) is 6.10 Å². The average Bonchev–Trinajstić information content (AvgIpc) is 2.74. The van der Waals surface area contributed by atoms with Crippen molar-refractivity contribution in [3.05, 3.63) is 24.2 Å². The topological polar surface area (TPSA) is 55.8 Å². The molecule has 0 unspecified atom stereocenters. The third-order valence-corrected chi connectivity index (χ3v) is 16.6. The van der Waals surface area contributed by atoms with Gasteiger partial charge >= 0.3 is 0 Å². The number of carbonyl (C=O) groups excluding carboxylic acids is 1. The maximum Gasteiger partial charge on any atom is 0.250 e. The number of aliphatic hydroxyl groups excluding tert-OH is 1. The Labute approximate surface area is 186 Å². The summed E-state index contributed by atoms with van der Waals surface area (Å²) in [5.74, 6) is 0.235. The lowest BCUT2D eigenvalue weighted by Crippen LogP contribution is -2.42. The first-order valence-corrected chi connectivity index (χ1v) is 17.3. The molecule has 6 heteroatoms. The predicted octanol–water partition coefficient (Wildman–Crippen LogP) is 6.40. The summed E-state index contributed by atoms with van der Waals surface area (Å²) in [6.45, 7) is 22.2. The molecule has 0 amide bonds. The van der Waals surface area contributed by atoms with Crippen LogP contribution < -0.4 is 0 Å². The molecule has 1 saturated carbocycles. The minimum atomic E-state index is -2.09. The zero-order valence-electron chi connectivity index (χ0n) is 20.8. The van der Waals surface area contributed by atoms with E-state index in [4.69, 9.17) is 8.85 Å². The van der Waals surface area contributed by atoms with E-state index in [0.717, 1.165) is 25.0 Å². The lowest BCUT2D eigenvalue weighted by molar-refractivity contribution is -0.132. The molecule has 4 nitrogen and oxygen atoms in total. The van der Waals surface area contributed by atoms with Crippen LogP contribution in [0, 0.1) is 17.8 Å². The van der Waals surface area contributed by atoms with Crippen molar-refractivity contribution in [2.75, 3.05) is 0 Å². The van der Waals surface area contributed by atoms with Crippen molar-refractivity contribution in [2.45, 2.75) is 103 Å². The first kappa shape index (κ1) is 25.4. The Balaban J connectivity index is 2.38. The van der Waals surface area contributed by atoms with Crippen LogP contribution in [0.5, 0.6) is 0 Å². The maximum atomic E-state index is 13.1. The quantitative estimate of drug-likeness (QED) is 0.387. The highest BCUT2D eigenvalue weighted by molar-refractivity contribution is 6.74. The molecule has 0 radical (unpaired) electrons. The van der Waals surface area contributed by atoms with Crippen molar-refractivity contribution < 1.29 is 18.8 Å². The van der Waals surface area contributed by atoms with E-state index in [2.05, 4.69) is 73.8 Å². The minimum absolute atomic E-state index is 0.0483. The number of hydrogen-bond acceptors (Lipinski definition) is 4. The van der Waals surface area contributed by atoms with E-state index >= 15 is 0 Å². The van der Waals surface area contributed by atoms with Gasteiger partial charge < -0.3 is 14.0 Å². The van der Waals surface area contributed by atoms with E-state index < -0.39 is 22.7 Å². The number of rotatable bonds is 5. The van der Waals surface area contributed by atoms with Crippen molar-refractivity contribution in [1.29, 1.82) is 0 Å². The van der Waals surface area contributed by atoms with Gasteiger partial charge in [-0.15, -0.1) is 0 Å². The van der Waals surface area contributed by atoms with E-state index in [0.29, 0.717) is 0 Å². The summed E-state index contributed by atoms with van der Waals surface area (Å²) in [6.07, 6.45) is 7.61. The Morgan fingerprint density at radius 1 is 1.00 bits per heavy atom. The summed E-state index contributed by atoms with van der Waals surface area (Å²) < 4.78 is 12.9. The van der Waals surface area contributed by atoms with Gasteiger partial charge in [-0.1, -0.05) is 48.0 Å². The normalized spacial score (nSPS) is 28.9. The summed E-state index contributed by atoms with van der Waals surface area (Å²) in [6, 6.07) is 0. The number of hydrogen-bond donors (Lipinski definition) is 1. The van der Waals surface area contributed by atoms with Crippen molar-refractivity contribution in [3.63, 3.8) is 0 Å². The molecule has 172 valence electrons. The van der Waals surface area contributed by atoms with E-state index in [-0.39, 0.29) is 33.6 Å². The Morgan fingerprint density at radius 2 is 1.57 bits per heavy atom. The summed E-state index contributed by atoms with van der Waals surface area (Å²) in [5, 5.41) is 11.0. The van der Waals surface area contributed by atoms with Crippen LogP contribution in [0.1, 0.15) is 60.8 Å². The van der Waals surface area contributed by atoms with E-state index in [9.17, 15) is 9.90 Å². The monoisotopic (exact) mass is 452 g/mol. The summed E-state index contributed by atoms with van der Waals surface area (Å²) in [5.41, 5.74) is 0. The fourth-order valence-corrected chi connectivity index (χ4v) is 5.50. The number of fused-ring (bicyclic) bond motifs is 3. The van der Waals surface area contributed by atoms with Crippen LogP contribution in [0.25, 0.3) is 0 Å². The van der Waals surface area contributed by atoms with Crippen LogP contribution in [-0.2, 0) is 13.6 Å². The first-order chi connectivity index (χ1) is 13.5. The first-order valence-electron chi connectivity index (χ1n) is 11.4. The van der Waals surface area contributed by atoms with Crippen LogP contribution >= 0.6 is 0 Å². The van der Waals surface area contributed by atoms with Gasteiger partial charge in [-0.05, 0) is 61.3 Å². The Morgan fingerprint density at radius 3 is 2.10 bits per heavy atom. The van der Waals surface area contributed by atoms with Crippen LogP contribution in [0.15, 0.2) is 24.2 Å². The molecule has 2 aliphatic rings. The van der Waals surface area contributed by atoms with Gasteiger partial charge in [0.2, 0.25) is 16.6 Å². The summed E-state index contributed by atoms with van der Waals surface area (Å²) >= 11 is 0. The molecule has 0 spiro atoms. The zero-order chi connectivity index (χ0) is 23.1. The number of aliphatic hydroxyl groups is 1. The molecule has 0 aromatic rings. The van der Waals surface area contributed by atoms with Gasteiger partial charge in [-0.2, -0.15) is 0 Å². The molecule has 0 aromatic carbocycles. The number of allylic oxidation sites excluding steroid dienone is 3. The second-order valence-corrected chi connectivity index (χ2v) is 21.7. The van der Waals surface area contributed by atoms with E-state index in [1.807, 2.05) is 12.3 Å². The van der Waals surface area contributed by atoms with Crippen LogP contribution in [0.4, 0.5) is 0 Å². The van der Waals surface area contributed by atoms with Gasteiger partial charge in [0.25, 0.3) is 0 Å². The maximum absolute atomic E-state index is 13.1. The number of Topliss-reactive ketones (excluding diaryl/α,β-unsaturated/α-hetero) is 1. The number of ketones is 1. The molecule has 4 atom stereocenters. The Bertz CT molecular complexity index is 695. The molecular weight excluding hydrogens is 408 g/mol. The van der Waals surface area contributed by atoms with Crippen LogP contribution in [-0.4, -0.2) is 33.6 Å². The lowest BCUT2D eigenvalue weighted by atomic mass is 9.84. The fraction of sp³-hybridized carbons (Fsp3) is 0.792. The molecule has 0 saturated heterocycles. The second kappa shape index (κ2) is 8.59. The Hall–Kier alpha value is -0.856. The zero-order valence-corrected chi connectivity index (χ0v) is 22.8. The van der Waals surface area contributed by atoms with Crippen molar-refractivity contribution in [3.8, 4) is 0 Å². The number of carbonyl (C=O) groups is 1. The van der Waals surface area contributed by atoms with Gasteiger partial charge in [-0.3, -0.25) is 4.79 Å². The molecule has 2 bridgehead atoms.